The van der Waals surface area contributed by atoms with E-state index in [1.165, 1.54) is 19.3 Å². The van der Waals surface area contributed by atoms with Gasteiger partial charge in [-0.2, -0.15) is 0 Å². The maximum absolute atomic E-state index is 5.80. The zero-order valence-electron chi connectivity index (χ0n) is 9.50. The van der Waals surface area contributed by atoms with E-state index in [2.05, 4.69) is 31.3 Å². The van der Waals surface area contributed by atoms with E-state index in [-0.39, 0.29) is 0 Å². The average Bonchev–Trinajstić information content (AvgIpc) is 2.58. The first-order chi connectivity index (χ1) is 6.72. The fourth-order valence-corrected chi connectivity index (χ4v) is 1.92. The Bertz CT molecular complexity index is 177. The van der Waals surface area contributed by atoms with Gasteiger partial charge in [-0.3, -0.25) is 0 Å². The molecule has 3 atom stereocenters. The fourth-order valence-electron chi connectivity index (χ4n) is 1.92. The lowest BCUT2D eigenvalue weighted by atomic mass is 10.1. The van der Waals surface area contributed by atoms with Gasteiger partial charge in [0.15, 0.2) is 0 Å². The van der Waals surface area contributed by atoms with Gasteiger partial charge in [0.05, 0.1) is 0 Å². The van der Waals surface area contributed by atoms with Crippen molar-refractivity contribution in [2.75, 3.05) is 6.54 Å². The molecule has 14 heavy (non-hydrogen) atoms. The van der Waals surface area contributed by atoms with E-state index in [0.29, 0.717) is 18.0 Å². The summed E-state index contributed by atoms with van der Waals surface area (Å²) in [4.78, 5) is 0. The lowest BCUT2D eigenvalue weighted by molar-refractivity contribution is 0.447. The van der Waals surface area contributed by atoms with Gasteiger partial charge in [-0.25, -0.2) is 0 Å². The molecule has 3 N–H and O–H groups in total. The van der Waals surface area contributed by atoms with Gasteiger partial charge in [0, 0.05) is 18.6 Å². The van der Waals surface area contributed by atoms with Crippen LogP contribution in [0.15, 0.2) is 12.2 Å². The Balaban J connectivity index is 2.05. The third-order valence-corrected chi connectivity index (χ3v) is 2.92. The van der Waals surface area contributed by atoms with Crippen LogP contribution in [-0.4, -0.2) is 18.6 Å². The van der Waals surface area contributed by atoms with Gasteiger partial charge in [0.25, 0.3) is 0 Å². The Morgan fingerprint density at radius 2 is 2.29 bits per heavy atom. The predicted octanol–water partition coefficient (Wildman–Crippen LogP) is 2.06. The zero-order valence-corrected chi connectivity index (χ0v) is 9.50. The van der Waals surface area contributed by atoms with Crippen LogP contribution in [0.4, 0.5) is 0 Å². The molecule has 82 valence electrons. The first-order valence-corrected chi connectivity index (χ1v) is 5.89. The van der Waals surface area contributed by atoms with Crippen LogP contribution in [0.3, 0.4) is 0 Å². The van der Waals surface area contributed by atoms with Crippen molar-refractivity contribution in [3.63, 3.8) is 0 Å². The van der Waals surface area contributed by atoms with E-state index < -0.39 is 0 Å². The predicted molar refractivity (Wildman–Crippen MR) is 62.2 cm³/mol. The number of unbranched alkanes of at least 4 members (excludes halogenated alkanes) is 1. The number of hydrogen-bond donors (Lipinski definition) is 2. The minimum Gasteiger partial charge on any atom is -0.324 e. The summed E-state index contributed by atoms with van der Waals surface area (Å²) in [5.74, 6) is 0.661. The molecule has 0 spiro atoms. The van der Waals surface area contributed by atoms with Crippen molar-refractivity contribution in [1.82, 2.24) is 5.32 Å². The van der Waals surface area contributed by atoms with Gasteiger partial charge in [-0.1, -0.05) is 31.9 Å². The van der Waals surface area contributed by atoms with Crippen molar-refractivity contribution in [2.45, 2.75) is 51.6 Å². The normalized spacial score (nSPS) is 28.2. The van der Waals surface area contributed by atoms with Gasteiger partial charge in [0.1, 0.15) is 0 Å². The highest BCUT2D eigenvalue weighted by Gasteiger charge is 2.15. The Kier molecular flexibility index (Phi) is 5.20. The summed E-state index contributed by atoms with van der Waals surface area (Å²) in [6.07, 6.45) is 9.41. The summed E-state index contributed by atoms with van der Waals surface area (Å²) in [6.45, 7) is 5.61. The van der Waals surface area contributed by atoms with Crippen LogP contribution in [0.1, 0.15) is 39.5 Å². The molecule has 0 radical (unpaired) electrons. The Morgan fingerprint density at radius 1 is 1.50 bits per heavy atom. The third-order valence-electron chi connectivity index (χ3n) is 2.92. The van der Waals surface area contributed by atoms with E-state index in [1.807, 2.05) is 0 Å². The molecule has 0 aromatic rings. The summed E-state index contributed by atoms with van der Waals surface area (Å²) in [7, 11) is 0. The smallest absolute Gasteiger partial charge is 0.0229 e. The maximum atomic E-state index is 5.80. The number of nitrogens with one attached hydrogen (secondary N) is 1. The van der Waals surface area contributed by atoms with Crippen LogP contribution in [0.2, 0.25) is 0 Å². The van der Waals surface area contributed by atoms with E-state index in [4.69, 9.17) is 5.73 Å². The summed E-state index contributed by atoms with van der Waals surface area (Å²) in [5.41, 5.74) is 5.80. The van der Waals surface area contributed by atoms with E-state index in [1.54, 1.807) is 0 Å². The first-order valence-electron chi connectivity index (χ1n) is 5.89. The lowest BCUT2D eigenvalue weighted by Crippen LogP contribution is -2.31. The molecule has 0 amide bonds. The van der Waals surface area contributed by atoms with E-state index in [9.17, 15) is 0 Å². The second-order valence-electron chi connectivity index (χ2n) is 4.50. The summed E-state index contributed by atoms with van der Waals surface area (Å²) in [5, 5.41) is 3.57. The fraction of sp³-hybridized carbons (Fsp3) is 0.833. The molecular formula is C12H24N2. The molecule has 1 aliphatic carbocycles. The van der Waals surface area contributed by atoms with Gasteiger partial charge < -0.3 is 11.1 Å². The molecule has 3 unspecified atom stereocenters. The molecule has 1 aliphatic rings. The Hall–Kier alpha value is -0.340. The minimum absolute atomic E-state index is 0.299. The first kappa shape index (κ1) is 11.7. The van der Waals surface area contributed by atoms with Gasteiger partial charge in [0.2, 0.25) is 0 Å². The molecule has 0 fully saturated rings. The number of hydrogen-bond acceptors (Lipinski definition) is 2. The number of nitrogens with two attached hydrogens (primary N) is 1. The molecule has 0 aromatic heterocycles. The molecular weight excluding hydrogens is 172 g/mol. The van der Waals surface area contributed by atoms with Crippen molar-refractivity contribution in [1.29, 1.82) is 0 Å². The van der Waals surface area contributed by atoms with E-state index in [0.717, 1.165) is 13.0 Å². The monoisotopic (exact) mass is 196 g/mol. The zero-order chi connectivity index (χ0) is 10.4. The topological polar surface area (TPSA) is 38.0 Å². The lowest BCUT2D eigenvalue weighted by Gasteiger charge is -2.16. The standard InChI is InChI=1S/C12H24N2/c1-3-4-5-10(2)14-9-11-6-7-12(13)8-11/h6-7,10-12,14H,3-5,8-9,13H2,1-2H3. The van der Waals surface area contributed by atoms with Crippen molar-refractivity contribution >= 4 is 0 Å². The van der Waals surface area contributed by atoms with E-state index >= 15 is 0 Å². The highest BCUT2D eigenvalue weighted by Crippen LogP contribution is 2.15. The van der Waals surface area contributed by atoms with Crippen LogP contribution in [0.25, 0.3) is 0 Å². The minimum atomic E-state index is 0.299. The molecule has 1 rings (SSSR count). The molecule has 0 saturated carbocycles. The summed E-state index contributed by atoms with van der Waals surface area (Å²) >= 11 is 0. The number of rotatable bonds is 6. The second kappa shape index (κ2) is 6.20. The quantitative estimate of drug-likeness (QED) is 0.638. The largest absolute Gasteiger partial charge is 0.324 e. The highest BCUT2D eigenvalue weighted by atomic mass is 14.9. The average molecular weight is 196 g/mol. The van der Waals surface area contributed by atoms with Crippen molar-refractivity contribution in [3.8, 4) is 0 Å². The second-order valence-corrected chi connectivity index (χ2v) is 4.50. The molecule has 0 aromatic carbocycles. The van der Waals surface area contributed by atoms with Gasteiger partial charge in [-0.15, -0.1) is 0 Å². The molecule has 0 bridgehead atoms. The van der Waals surface area contributed by atoms with Gasteiger partial charge >= 0.3 is 0 Å². The van der Waals surface area contributed by atoms with Crippen molar-refractivity contribution in [2.24, 2.45) is 11.7 Å². The van der Waals surface area contributed by atoms with Crippen LogP contribution in [-0.2, 0) is 0 Å². The third kappa shape index (κ3) is 4.25. The van der Waals surface area contributed by atoms with Crippen molar-refractivity contribution in [3.05, 3.63) is 12.2 Å². The van der Waals surface area contributed by atoms with Gasteiger partial charge in [-0.05, 0) is 25.7 Å². The maximum Gasteiger partial charge on any atom is 0.0229 e. The van der Waals surface area contributed by atoms with Crippen LogP contribution < -0.4 is 11.1 Å². The Labute approximate surface area is 87.9 Å². The SMILES string of the molecule is CCCCC(C)NCC1C=CC(N)C1. The molecule has 0 heterocycles. The molecule has 0 saturated heterocycles. The van der Waals surface area contributed by atoms with Crippen LogP contribution >= 0.6 is 0 Å². The summed E-state index contributed by atoms with van der Waals surface area (Å²) < 4.78 is 0. The summed E-state index contributed by atoms with van der Waals surface area (Å²) in [6, 6.07) is 0.952. The van der Waals surface area contributed by atoms with Crippen molar-refractivity contribution < 1.29 is 0 Å². The van der Waals surface area contributed by atoms with Crippen LogP contribution in [0, 0.1) is 5.92 Å². The van der Waals surface area contributed by atoms with Crippen LogP contribution in [0.5, 0.6) is 0 Å². The molecule has 0 aliphatic heterocycles. The highest BCUT2D eigenvalue weighted by molar-refractivity contribution is 5.05. The molecule has 2 heteroatoms. The molecule has 2 nitrogen and oxygen atoms in total. The Morgan fingerprint density at radius 3 is 2.86 bits per heavy atom.